The summed E-state index contributed by atoms with van der Waals surface area (Å²) in [5.41, 5.74) is 8.20. The lowest BCUT2D eigenvalue weighted by molar-refractivity contribution is 0.284. The summed E-state index contributed by atoms with van der Waals surface area (Å²) in [6, 6.07) is 0. The molecule has 0 amide bonds. The Morgan fingerprint density at radius 1 is 1.44 bits per heavy atom. The second-order valence-electron chi connectivity index (χ2n) is 4.21. The molecule has 0 unspecified atom stereocenters. The first kappa shape index (κ1) is 11.3. The molecule has 0 aliphatic heterocycles. The zero-order valence-corrected chi connectivity index (χ0v) is 10.3. The van der Waals surface area contributed by atoms with Crippen LogP contribution in [0.15, 0.2) is 0 Å². The Labute approximate surface area is 100 Å². The molecule has 2 N–H and O–H groups in total. The first-order valence-electron chi connectivity index (χ1n) is 5.36. The van der Waals surface area contributed by atoms with Gasteiger partial charge in [-0.05, 0) is 38.2 Å². The fraction of sp³-hybridized carbons (Fsp3) is 0.545. The molecule has 0 saturated heterocycles. The van der Waals surface area contributed by atoms with E-state index in [2.05, 4.69) is 10.2 Å². The number of nitrogens with zero attached hydrogens (tertiary/aromatic N) is 2. The molecule has 1 aromatic heterocycles. The first-order valence-corrected chi connectivity index (χ1v) is 5.77. The molecule has 1 aromatic rings. The second-order valence-corrected chi connectivity index (χ2v) is 4.65. The van der Waals surface area contributed by atoms with E-state index in [0.29, 0.717) is 23.4 Å². The van der Waals surface area contributed by atoms with Crippen molar-refractivity contribution in [3.05, 3.63) is 16.8 Å². The number of aryl methyl sites for hydroxylation is 1. The van der Waals surface area contributed by atoms with Crippen LogP contribution in [0, 0.1) is 19.8 Å². The monoisotopic (exact) mass is 237 g/mol. The molecule has 0 spiro atoms. The van der Waals surface area contributed by atoms with E-state index >= 15 is 0 Å². The van der Waals surface area contributed by atoms with E-state index in [4.69, 9.17) is 22.7 Å². The summed E-state index contributed by atoms with van der Waals surface area (Å²) in [5, 5.41) is 8.05. The Hall–Kier alpha value is -1.23. The average molecular weight is 237 g/mol. The molecular formula is C11H15N3OS. The second kappa shape index (κ2) is 4.33. The maximum absolute atomic E-state index is 5.69. The van der Waals surface area contributed by atoms with Gasteiger partial charge in [0.05, 0.1) is 17.9 Å². The van der Waals surface area contributed by atoms with Gasteiger partial charge in [-0.15, -0.1) is 5.10 Å². The number of hydrogen-bond acceptors (Lipinski definition) is 4. The number of thiocarbonyl (C=S) groups is 1. The zero-order valence-electron chi connectivity index (χ0n) is 9.49. The fourth-order valence-corrected chi connectivity index (χ4v) is 1.70. The molecule has 86 valence electrons. The van der Waals surface area contributed by atoms with E-state index in [1.807, 2.05) is 13.8 Å². The summed E-state index contributed by atoms with van der Waals surface area (Å²) < 4.78 is 5.62. The van der Waals surface area contributed by atoms with E-state index in [0.717, 1.165) is 16.8 Å². The summed E-state index contributed by atoms with van der Waals surface area (Å²) >= 11 is 5.02. The van der Waals surface area contributed by atoms with E-state index in [9.17, 15) is 0 Å². The predicted molar refractivity (Wildman–Crippen MR) is 65.6 cm³/mol. The highest BCUT2D eigenvalue weighted by atomic mass is 32.1. The highest BCUT2D eigenvalue weighted by Crippen LogP contribution is 2.30. The Kier molecular flexibility index (Phi) is 3.05. The van der Waals surface area contributed by atoms with E-state index < -0.39 is 0 Å². The number of nitrogens with two attached hydrogens (primary N) is 1. The molecule has 16 heavy (non-hydrogen) atoms. The van der Waals surface area contributed by atoms with Gasteiger partial charge in [0.1, 0.15) is 4.99 Å². The van der Waals surface area contributed by atoms with Gasteiger partial charge in [0.15, 0.2) is 0 Å². The van der Waals surface area contributed by atoms with Crippen LogP contribution in [-0.2, 0) is 0 Å². The fourth-order valence-electron chi connectivity index (χ4n) is 1.46. The summed E-state index contributed by atoms with van der Waals surface area (Å²) in [6.45, 7) is 4.50. The molecule has 1 aliphatic carbocycles. The van der Waals surface area contributed by atoms with Gasteiger partial charge in [-0.2, -0.15) is 5.10 Å². The molecular weight excluding hydrogens is 222 g/mol. The molecule has 1 aliphatic rings. The SMILES string of the molecule is Cc1nnc(OCC2CC2)c(C(N)=S)c1C. The first-order chi connectivity index (χ1) is 7.59. The van der Waals surface area contributed by atoms with Crippen molar-refractivity contribution in [2.24, 2.45) is 11.7 Å². The van der Waals surface area contributed by atoms with E-state index in [-0.39, 0.29) is 0 Å². The molecule has 1 fully saturated rings. The van der Waals surface area contributed by atoms with Crippen molar-refractivity contribution in [2.75, 3.05) is 6.61 Å². The van der Waals surface area contributed by atoms with Gasteiger partial charge >= 0.3 is 0 Å². The maximum Gasteiger partial charge on any atom is 0.244 e. The van der Waals surface area contributed by atoms with Crippen molar-refractivity contribution in [2.45, 2.75) is 26.7 Å². The maximum atomic E-state index is 5.69. The molecule has 0 aromatic carbocycles. The highest BCUT2D eigenvalue weighted by molar-refractivity contribution is 7.80. The van der Waals surface area contributed by atoms with Gasteiger partial charge in [0.25, 0.3) is 0 Å². The van der Waals surface area contributed by atoms with Crippen LogP contribution in [0.1, 0.15) is 29.7 Å². The van der Waals surface area contributed by atoms with Crippen LogP contribution in [0.25, 0.3) is 0 Å². The average Bonchev–Trinajstić information content (AvgIpc) is 3.03. The Morgan fingerprint density at radius 2 is 2.12 bits per heavy atom. The van der Waals surface area contributed by atoms with Crippen LogP contribution in [0.5, 0.6) is 5.88 Å². The van der Waals surface area contributed by atoms with Crippen LogP contribution in [0.2, 0.25) is 0 Å². The zero-order chi connectivity index (χ0) is 11.7. The van der Waals surface area contributed by atoms with Crippen molar-refractivity contribution >= 4 is 17.2 Å². The quantitative estimate of drug-likeness (QED) is 0.804. The van der Waals surface area contributed by atoms with Crippen molar-refractivity contribution in [1.29, 1.82) is 0 Å². The molecule has 5 heteroatoms. The molecule has 4 nitrogen and oxygen atoms in total. The van der Waals surface area contributed by atoms with Crippen LogP contribution >= 0.6 is 12.2 Å². The largest absolute Gasteiger partial charge is 0.476 e. The van der Waals surface area contributed by atoms with Crippen LogP contribution < -0.4 is 10.5 Å². The highest BCUT2D eigenvalue weighted by Gasteiger charge is 2.23. The van der Waals surface area contributed by atoms with Crippen LogP contribution in [-0.4, -0.2) is 21.8 Å². The lowest BCUT2D eigenvalue weighted by Crippen LogP contribution is -2.17. The van der Waals surface area contributed by atoms with Crippen molar-refractivity contribution in [3.63, 3.8) is 0 Å². The molecule has 0 atom stereocenters. The van der Waals surface area contributed by atoms with Crippen LogP contribution in [0.3, 0.4) is 0 Å². The summed E-state index contributed by atoms with van der Waals surface area (Å²) in [7, 11) is 0. The lowest BCUT2D eigenvalue weighted by Gasteiger charge is -2.11. The third-order valence-corrected chi connectivity index (χ3v) is 3.03. The van der Waals surface area contributed by atoms with Crippen LogP contribution in [0.4, 0.5) is 0 Å². The Balaban J connectivity index is 2.27. The topological polar surface area (TPSA) is 61.0 Å². The minimum atomic E-state index is 0.321. The van der Waals surface area contributed by atoms with E-state index in [1.165, 1.54) is 12.8 Å². The smallest absolute Gasteiger partial charge is 0.244 e. The summed E-state index contributed by atoms with van der Waals surface area (Å²) in [4.78, 5) is 0.321. The molecule has 1 heterocycles. The minimum Gasteiger partial charge on any atom is -0.476 e. The van der Waals surface area contributed by atoms with E-state index in [1.54, 1.807) is 0 Å². The Morgan fingerprint density at radius 3 is 2.69 bits per heavy atom. The van der Waals surface area contributed by atoms with Gasteiger partial charge in [-0.1, -0.05) is 12.2 Å². The molecule has 2 rings (SSSR count). The molecule has 1 saturated carbocycles. The number of ether oxygens (including phenoxy) is 1. The molecule has 0 radical (unpaired) electrons. The van der Waals surface area contributed by atoms with Crippen molar-refractivity contribution < 1.29 is 4.74 Å². The Bertz CT molecular complexity index is 429. The van der Waals surface area contributed by atoms with Gasteiger partial charge in [0.2, 0.25) is 5.88 Å². The van der Waals surface area contributed by atoms with Gasteiger partial charge < -0.3 is 10.5 Å². The third-order valence-electron chi connectivity index (χ3n) is 2.82. The van der Waals surface area contributed by atoms with Gasteiger partial charge in [0, 0.05) is 0 Å². The van der Waals surface area contributed by atoms with Crippen molar-refractivity contribution in [1.82, 2.24) is 10.2 Å². The lowest BCUT2D eigenvalue weighted by atomic mass is 10.1. The normalized spacial score (nSPS) is 14.9. The number of hydrogen-bond donors (Lipinski definition) is 1. The standard InChI is InChI=1S/C11H15N3OS/c1-6-7(2)13-14-11(9(6)10(12)16)15-5-8-3-4-8/h8H,3-5H2,1-2H3,(H2,12,16). The predicted octanol–water partition coefficient (Wildman–Crippen LogP) is 1.52. The number of rotatable bonds is 4. The van der Waals surface area contributed by atoms with Gasteiger partial charge in [-0.25, -0.2) is 0 Å². The number of aromatic nitrogens is 2. The van der Waals surface area contributed by atoms with Crippen molar-refractivity contribution in [3.8, 4) is 5.88 Å². The minimum absolute atomic E-state index is 0.321. The summed E-state index contributed by atoms with van der Waals surface area (Å²) in [5.74, 6) is 1.14. The summed E-state index contributed by atoms with van der Waals surface area (Å²) in [6.07, 6.45) is 2.47. The third kappa shape index (κ3) is 2.29. The molecule has 0 bridgehead atoms. The van der Waals surface area contributed by atoms with Gasteiger partial charge in [-0.3, -0.25) is 0 Å².